The normalized spacial score (nSPS) is 14.7. The van der Waals surface area contributed by atoms with Gasteiger partial charge in [0.25, 0.3) is 0 Å². The minimum Gasteiger partial charge on any atom is -0.488 e. The van der Waals surface area contributed by atoms with E-state index in [2.05, 4.69) is 88.9 Å². The summed E-state index contributed by atoms with van der Waals surface area (Å²) < 4.78 is 8.42. The fraction of sp³-hybridized carbons (Fsp3) is 0.605. The van der Waals surface area contributed by atoms with E-state index in [1.807, 2.05) is 12.3 Å². The molecular weight excluding hydrogens is 590 g/mol. The predicted molar refractivity (Wildman–Crippen MR) is 203 cm³/mol. The molecule has 1 saturated heterocycles. The number of hydrogen-bond donors (Lipinski definition) is 0. The second-order valence-corrected chi connectivity index (χ2v) is 14.2. The molecule has 1 atom stereocenters. The van der Waals surface area contributed by atoms with Crippen LogP contribution in [0.1, 0.15) is 139 Å². The van der Waals surface area contributed by atoms with E-state index in [-0.39, 0.29) is 11.5 Å². The molecule has 0 saturated carbocycles. The van der Waals surface area contributed by atoms with Gasteiger partial charge in [0, 0.05) is 51.0 Å². The number of aromatic nitrogens is 1. The van der Waals surface area contributed by atoms with Crippen LogP contribution in [0.15, 0.2) is 77.7 Å². The first kappa shape index (κ1) is 37.9. The maximum atomic E-state index is 13.3. The Balaban J connectivity index is 1.17. The Morgan fingerprint density at radius 1 is 0.625 bits per heavy atom. The molecule has 0 radical (unpaired) electrons. The third kappa shape index (κ3) is 13.9. The molecule has 264 valence electrons. The van der Waals surface area contributed by atoms with Crippen molar-refractivity contribution in [2.75, 3.05) is 32.8 Å². The SMILES string of the molecule is CCCCCCCCCCCCCCCCCCOc1cn(C(C)c2ccccc2)c(CN2CCN(Cc3ccccc3)CC2)cc1=O. The van der Waals surface area contributed by atoms with Crippen LogP contribution in [0.4, 0.5) is 0 Å². The molecule has 2 aromatic carbocycles. The Morgan fingerprint density at radius 3 is 1.65 bits per heavy atom. The van der Waals surface area contributed by atoms with E-state index < -0.39 is 0 Å². The lowest BCUT2D eigenvalue weighted by Crippen LogP contribution is -2.45. The molecule has 1 unspecified atom stereocenters. The van der Waals surface area contributed by atoms with Gasteiger partial charge < -0.3 is 9.30 Å². The van der Waals surface area contributed by atoms with Crippen LogP contribution in [0.5, 0.6) is 5.75 Å². The average molecular weight is 656 g/mol. The number of rotatable bonds is 24. The summed E-state index contributed by atoms with van der Waals surface area (Å²) in [6.07, 6.45) is 23.6. The third-order valence-corrected chi connectivity index (χ3v) is 10.2. The van der Waals surface area contributed by atoms with Crippen molar-refractivity contribution in [2.45, 2.75) is 136 Å². The van der Waals surface area contributed by atoms with Gasteiger partial charge in [-0.3, -0.25) is 14.6 Å². The third-order valence-electron chi connectivity index (χ3n) is 10.2. The number of unbranched alkanes of at least 4 members (excludes halogenated alkanes) is 15. The summed E-state index contributed by atoms with van der Waals surface area (Å²) in [6.45, 7) is 11.0. The van der Waals surface area contributed by atoms with Crippen LogP contribution in [0.25, 0.3) is 0 Å². The monoisotopic (exact) mass is 656 g/mol. The Labute approximate surface area is 292 Å². The molecule has 48 heavy (non-hydrogen) atoms. The first-order chi connectivity index (χ1) is 23.6. The van der Waals surface area contributed by atoms with Gasteiger partial charge in [-0.1, -0.05) is 164 Å². The summed E-state index contributed by atoms with van der Waals surface area (Å²) in [5, 5.41) is 0. The van der Waals surface area contributed by atoms with Crippen molar-refractivity contribution < 1.29 is 4.74 Å². The molecular formula is C43H65N3O2. The molecule has 4 rings (SSSR count). The quantitative estimate of drug-likeness (QED) is 0.0900. The van der Waals surface area contributed by atoms with Crippen molar-refractivity contribution in [3.8, 4) is 5.75 Å². The molecule has 1 aromatic heterocycles. The van der Waals surface area contributed by atoms with Crippen molar-refractivity contribution in [2.24, 2.45) is 0 Å². The number of ether oxygens (including phenoxy) is 1. The van der Waals surface area contributed by atoms with Gasteiger partial charge in [0.2, 0.25) is 5.43 Å². The minimum atomic E-state index is 0.000665. The number of hydrogen-bond acceptors (Lipinski definition) is 4. The van der Waals surface area contributed by atoms with Crippen molar-refractivity contribution in [3.05, 3.63) is 100.0 Å². The Kier molecular flexibility index (Phi) is 17.9. The number of piperazine rings is 1. The molecule has 2 heterocycles. The minimum absolute atomic E-state index is 0.000665. The van der Waals surface area contributed by atoms with Gasteiger partial charge in [-0.05, 0) is 24.5 Å². The highest BCUT2D eigenvalue weighted by atomic mass is 16.5. The highest BCUT2D eigenvalue weighted by molar-refractivity contribution is 5.27. The van der Waals surface area contributed by atoms with E-state index in [9.17, 15) is 4.79 Å². The number of benzene rings is 2. The first-order valence-corrected chi connectivity index (χ1v) is 19.6. The molecule has 5 heteroatoms. The van der Waals surface area contributed by atoms with Gasteiger partial charge in [0.1, 0.15) is 0 Å². The fourth-order valence-electron chi connectivity index (χ4n) is 7.07. The molecule has 0 spiro atoms. The summed E-state index contributed by atoms with van der Waals surface area (Å²) in [7, 11) is 0. The maximum Gasteiger partial charge on any atom is 0.223 e. The van der Waals surface area contributed by atoms with E-state index >= 15 is 0 Å². The first-order valence-electron chi connectivity index (χ1n) is 19.6. The van der Waals surface area contributed by atoms with E-state index in [0.29, 0.717) is 12.4 Å². The van der Waals surface area contributed by atoms with Crippen molar-refractivity contribution >= 4 is 0 Å². The van der Waals surface area contributed by atoms with Crippen molar-refractivity contribution in [3.63, 3.8) is 0 Å². The van der Waals surface area contributed by atoms with Gasteiger partial charge in [0.05, 0.1) is 18.8 Å². The molecule has 0 N–H and O–H groups in total. The summed E-state index contributed by atoms with van der Waals surface area (Å²) in [6, 6.07) is 23.3. The van der Waals surface area contributed by atoms with Gasteiger partial charge in [0.15, 0.2) is 5.75 Å². The lowest BCUT2D eigenvalue weighted by Gasteiger charge is -2.35. The zero-order valence-corrected chi connectivity index (χ0v) is 30.4. The molecule has 1 fully saturated rings. The van der Waals surface area contributed by atoms with Gasteiger partial charge in [-0.25, -0.2) is 0 Å². The maximum absolute atomic E-state index is 13.3. The zero-order chi connectivity index (χ0) is 33.7. The zero-order valence-electron chi connectivity index (χ0n) is 30.4. The Hall–Kier alpha value is -2.89. The van der Waals surface area contributed by atoms with E-state index in [1.54, 1.807) is 0 Å². The topological polar surface area (TPSA) is 37.7 Å². The average Bonchev–Trinajstić information content (AvgIpc) is 3.11. The standard InChI is InChI=1S/C43H65N3O2/c1-3-4-5-6-7-8-9-10-11-12-13-14-15-16-17-24-33-48-43-37-46(38(2)40-27-22-19-23-28-40)41(34-42(43)47)36-45-31-29-44(30-32-45)35-39-25-20-18-21-26-39/h18-23,25-28,34,37-38H,3-17,24,29-33,35-36H2,1-2H3. The van der Waals surface area contributed by atoms with Crippen LogP contribution < -0.4 is 10.2 Å². The van der Waals surface area contributed by atoms with Gasteiger partial charge in [-0.2, -0.15) is 0 Å². The van der Waals surface area contributed by atoms with Crippen LogP contribution in [-0.2, 0) is 13.1 Å². The molecule has 0 amide bonds. The van der Waals surface area contributed by atoms with Gasteiger partial charge in [-0.15, -0.1) is 0 Å². The second-order valence-electron chi connectivity index (χ2n) is 14.2. The number of pyridine rings is 1. The smallest absolute Gasteiger partial charge is 0.223 e. The summed E-state index contributed by atoms with van der Waals surface area (Å²) >= 11 is 0. The van der Waals surface area contributed by atoms with Crippen LogP contribution in [0, 0.1) is 0 Å². The molecule has 3 aromatic rings. The summed E-state index contributed by atoms with van der Waals surface area (Å²) in [5.41, 5.74) is 3.66. The highest BCUT2D eigenvalue weighted by Crippen LogP contribution is 2.23. The molecule has 0 bridgehead atoms. The van der Waals surface area contributed by atoms with Crippen LogP contribution in [0.3, 0.4) is 0 Å². The van der Waals surface area contributed by atoms with E-state index in [1.165, 1.54) is 107 Å². The number of nitrogens with zero attached hydrogens (tertiary/aromatic N) is 3. The van der Waals surface area contributed by atoms with Gasteiger partial charge >= 0.3 is 0 Å². The Bertz CT molecular complexity index is 1300. The van der Waals surface area contributed by atoms with Crippen LogP contribution >= 0.6 is 0 Å². The van der Waals surface area contributed by atoms with Crippen LogP contribution in [-0.4, -0.2) is 47.2 Å². The fourth-order valence-corrected chi connectivity index (χ4v) is 7.07. The van der Waals surface area contributed by atoms with Crippen LogP contribution in [0.2, 0.25) is 0 Å². The lowest BCUT2D eigenvalue weighted by atomic mass is 10.0. The lowest BCUT2D eigenvalue weighted by molar-refractivity contribution is 0.119. The second kappa shape index (κ2) is 22.7. The Morgan fingerprint density at radius 2 is 1.10 bits per heavy atom. The van der Waals surface area contributed by atoms with Crippen molar-refractivity contribution in [1.29, 1.82) is 0 Å². The summed E-state index contributed by atoms with van der Waals surface area (Å²) in [5.74, 6) is 0.482. The predicted octanol–water partition coefficient (Wildman–Crippen LogP) is 10.4. The molecule has 1 aliphatic rings. The highest BCUT2D eigenvalue weighted by Gasteiger charge is 2.21. The summed E-state index contributed by atoms with van der Waals surface area (Å²) in [4.78, 5) is 18.3. The van der Waals surface area contributed by atoms with Crippen molar-refractivity contribution in [1.82, 2.24) is 14.4 Å². The largest absolute Gasteiger partial charge is 0.488 e. The molecule has 5 nitrogen and oxygen atoms in total. The van der Waals surface area contributed by atoms with E-state index in [4.69, 9.17) is 4.74 Å². The molecule has 1 aliphatic heterocycles. The molecule has 0 aliphatic carbocycles. The van der Waals surface area contributed by atoms with E-state index in [0.717, 1.165) is 51.4 Å².